The highest BCUT2D eigenvalue weighted by Gasteiger charge is 2.33. The highest BCUT2D eigenvalue weighted by molar-refractivity contribution is 8.26. The van der Waals surface area contributed by atoms with Gasteiger partial charge in [-0.15, -0.1) is 0 Å². The van der Waals surface area contributed by atoms with Gasteiger partial charge in [-0.25, -0.2) is 4.68 Å². The van der Waals surface area contributed by atoms with E-state index in [-0.39, 0.29) is 5.91 Å². The summed E-state index contributed by atoms with van der Waals surface area (Å²) in [7, 11) is 0. The number of thiocarbonyl (C=S) groups is 1. The number of ether oxygens (including phenoxy) is 1. The topological polar surface area (TPSA) is 60.5 Å². The molecule has 1 fully saturated rings. The molecule has 8 heteroatoms. The lowest BCUT2D eigenvalue weighted by atomic mass is 10.1. The van der Waals surface area contributed by atoms with E-state index in [9.17, 15) is 4.79 Å². The average molecular weight is 516 g/mol. The Morgan fingerprint density at radius 2 is 1.86 bits per heavy atom. The first-order chi connectivity index (χ1) is 17.5. The van der Waals surface area contributed by atoms with Crippen LogP contribution in [0.25, 0.3) is 23.0 Å². The molecular weight excluding hydrogens is 490 g/mol. The second-order valence-corrected chi connectivity index (χ2v) is 10.5. The summed E-state index contributed by atoms with van der Waals surface area (Å²) in [6, 6.07) is 21.4. The Kier molecular flexibility index (Phi) is 7.06. The third-order valence-corrected chi connectivity index (χ3v) is 6.91. The molecule has 182 valence electrons. The van der Waals surface area contributed by atoms with Crippen LogP contribution < -0.4 is 4.74 Å². The molecule has 0 radical (unpaired) electrons. The smallest absolute Gasteiger partial charge is 0.266 e. The first-order valence-corrected chi connectivity index (χ1v) is 12.9. The maximum atomic E-state index is 13.2. The molecule has 5 rings (SSSR count). The van der Waals surface area contributed by atoms with Crippen LogP contribution in [0.3, 0.4) is 0 Å². The van der Waals surface area contributed by atoms with Crippen LogP contribution in [0.5, 0.6) is 5.75 Å². The minimum Gasteiger partial charge on any atom is -0.493 e. The van der Waals surface area contributed by atoms with Gasteiger partial charge < -0.3 is 9.15 Å². The highest BCUT2D eigenvalue weighted by Crippen LogP contribution is 2.36. The average Bonchev–Trinajstić information content (AvgIpc) is 3.61. The maximum absolute atomic E-state index is 13.2. The number of carbonyl (C=O) groups is 1. The van der Waals surface area contributed by atoms with Gasteiger partial charge in [-0.3, -0.25) is 9.69 Å². The number of furan rings is 1. The van der Waals surface area contributed by atoms with Crippen molar-refractivity contribution < 1.29 is 13.9 Å². The van der Waals surface area contributed by atoms with Crippen LogP contribution in [0.15, 0.2) is 88.5 Å². The second-order valence-electron chi connectivity index (χ2n) is 8.79. The van der Waals surface area contributed by atoms with Crippen LogP contribution in [0.2, 0.25) is 0 Å². The van der Waals surface area contributed by atoms with Crippen LogP contribution in [0.1, 0.15) is 25.2 Å². The van der Waals surface area contributed by atoms with Crippen LogP contribution in [0.4, 0.5) is 0 Å². The molecule has 1 saturated heterocycles. The third kappa shape index (κ3) is 5.29. The van der Waals surface area contributed by atoms with Crippen LogP contribution in [-0.2, 0) is 11.3 Å². The summed E-state index contributed by atoms with van der Waals surface area (Å²) in [6.07, 6.45) is 5.39. The Labute approximate surface area is 219 Å². The largest absolute Gasteiger partial charge is 0.493 e. The molecule has 0 atom stereocenters. The molecule has 4 aromatic rings. The van der Waals surface area contributed by atoms with E-state index >= 15 is 0 Å². The minimum atomic E-state index is -0.141. The Bertz CT molecular complexity index is 1390. The van der Waals surface area contributed by atoms with Gasteiger partial charge in [0.1, 0.15) is 15.8 Å². The number of nitrogens with zero attached hydrogens (tertiary/aromatic N) is 3. The lowest BCUT2D eigenvalue weighted by Crippen LogP contribution is -2.27. The van der Waals surface area contributed by atoms with Gasteiger partial charge in [-0.1, -0.05) is 56.0 Å². The molecule has 0 spiro atoms. The van der Waals surface area contributed by atoms with Crippen LogP contribution >= 0.6 is 24.0 Å². The fraction of sp³-hybridized carbons (Fsp3) is 0.179. The minimum absolute atomic E-state index is 0.141. The molecular formula is C28H25N3O3S2. The fourth-order valence-corrected chi connectivity index (χ4v) is 4.98. The van der Waals surface area contributed by atoms with E-state index in [1.807, 2.05) is 77.6 Å². The van der Waals surface area contributed by atoms with E-state index in [4.69, 9.17) is 26.5 Å². The lowest BCUT2D eigenvalue weighted by Gasteiger charge is -2.11. The van der Waals surface area contributed by atoms with Gasteiger partial charge in [-0.2, -0.15) is 5.10 Å². The Morgan fingerprint density at radius 3 is 2.56 bits per heavy atom. The summed E-state index contributed by atoms with van der Waals surface area (Å²) in [5.41, 5.74) is 3.46. The van der Waals surface area contributed by atoms with Gasteiger partial charge in [-0.05, 0) is 60.5 Å². The van der Waals surface area contributed by atoms with E-state index in [1.165, 1.54) is 11.8 Å². The fourth-order valence-electron chi connectivity index (χ4n) is 3.74. The molecule has 0 saturated carbocycles. The molecule has 3 heterocycles. The molecule has 1 aliphatic rings. The van der Waals surface area contributed by atoms with Gasteiger partial charge in [0.15, 0.2) is 0 Å². The van der Waals surface area contributed by atoms with E-state index in [0.29, 0.717) is 34.1 Å². The summed E-state index contributed by atoms with van der Waals surface area (Å²) < 4.78 is 13.6. The van der Waals surface area contributed by atoms with E-state index < -0.39 is 0 Å². The normalized spacial score (nSPS) is 14.9. The number of rotatable bonds is 8. The Hall–Kier alpha value is -3.62. The summed E-state index contributed by atoms with van der Waals surface area (Å²) in [5, 5.41) is 4.87. The van der Waals surface area contributed by atoms with E-state index in [0.717, 1.165) is 28.3 Å². The van der Waals surface area contributed by atoms with Crippen molar-refractivity contribution in [3.63, 3.8) is 0 Å². The standard InChI is InChI=1S/C28H25N3O3S2/c1-19(2)18-34-23-12-10-20(11-13-23)26-21(16-31(29-26)22-7-4-3-5-8-22)15-25-27(32)30(28(35)36-25)17-24-9-6-14-33-24/h3-16,19H,17-18H2,1-2H3/b25-15+. The zero-order valence-corrected chi connectivity index (χ0v) is 21.6. The zero-order chi connectivity index (χ0) is 25.1. The predicted octanol–water partition coefficient (Wildman–Crippen LogP) is 6.57. The van der Waals surface area contributed by atoms with Gasteiger partial charge in [0.2, 0.25) is 0 Å². The molecule has 0 unspecified atom stereocenters. The van der Waals surface area contributed by atoms with Crippen molar-refractivity contribution in [2.24, 2.45) is 5.92 Å². The van der Waals surface area contributed by atoms with Crippen molar-refractivity contribution in [2.45, 2.75) is 20.4 Å². The van der Waals surface area contributed by atoms with E-state index in [2.05, 4.69) is 13.8 Å². The molecule has 1 aliphatic heterocycles. The molecule has 0 bridgehead atoms. The first kappa shape index (κ1) is 24.1. The van der Waals surface area contributed by atoms with Crippen LogP contribution in [-0.4, -0.2) is 31.5 Å². The van der Waals surface area contributed by atoms with Crippen molar-refractivity contribution >= 4 is 40.3 Å². The molecule has 0 N–H and O–H groups in total. The van der Waals surface area contributed by atoms with Crippen molar-refractivity contribution in [1.82, 2.24) is 14.7 Å². The Morgan fingerprint density at radius 1 is 1.08 bits per heavy atom. The van der Waals surface area contributed by atoms with Crippen molar-refractivity contribution in [3.8, 4) is 22.7 Å². The second kappa shape index (κ2) is 10.6. The van der Waals surface area contributed by atoms with Gasteiger partial charge in [0.05, 0.1) is 35.7 Å². The Balaban J connectivity index is 1.48. The third-order valence-electron chi connectivity index (χ3n) is 5.53. The SMILES string of the molecule is CC(C)COc1ccc(-c2nn(-c3ccccc3)cc2/C=C2/SC(=S)N(Cc3ccco3)C2=O)cc1. The number of hydrogen-bond acceptors (Lipinski definition) is 6. The van der Waals surface area contributed by atoms with Crippen molar-refractivity contribution in [2.75, 3.05) is 6.61 Å². The number of hydrogen-bond donors (Lipinski definition) is 0. The molecule has 2 aromatic carbocycles. The molecule has 6 nitrogen and oxygen atoms in total. The molecule has 2 aromatic heterocycles. The molecule has 0 aliphatic carbocycles. The lowest BCUT2D eigenvalue weighted by molar-refractivity contribution is -0.122. The quantitative estimate of drug-likeness (QED) is 0.195. The zero-order valence-electron chi connectivity index (χ0n) is 20.0. The maximum Gasteiger partial charge on any atom is 0.266 e. The highest BCUT2D eigenvalue weighted by atomic mass is 32.2. The summed E-state index contributed by atoms with van der Waals surface area (Å²) >= 11 is 6.79. The number of amides is 1. The monoisotopic (exact) mass is 515 g/mol. The van der Waals surface area contributed by atoms with Gasteiger partial charge in [0.25, 0.3) is 5.91 Å². The molecule has 1 amide bonds. The first-order valence-electron chi connectivity index (χ1n) is 11.6. The molecule has 36 heavy (non-hydrogen) atoms. The number of carbonyl (C=O) groups excluding carboxylic acids is 1. The van der Waals surface area contributed by atoms with Gasteiger partial charge >= 0.3 is 0 Å². The number of thioether (sulfide) groups is 1. The van der Waals surface area contributed by atoms with Crippen molar-refractivity contribution in [1.29, 1.82) is 0 Å². The van der Waals surface area contributed by atoms with Crippen LogP contribution in [0, 0.1) is 5.92 Å². The summed E-state index contributed by atoms with van der Waals surface area (Å²) in [5.74, 6) is 1.81. The predicted molar refractivity (Wildman–Crippen MR) is 147 cm³/mol. The number of benzene rings is 2. The number of para-hydroxylation sites is 1. The van der Waals surface area contributed by atoms with E-state index in [1.54, 1.807) is 17.2 Å². The van der Waals surface area contributed by atoms with Gasteiger partial charge in [0, 0.05) is 17.3 Å². The summed E-state index contributed by atoms with van der Waals surface area (Å²) in [6.45, 7) is 5.21. The number of aromatic nitrogens is 2. The summed E-state index contributed by atoms with van der Waals surface area (Å²) in [4.78, 5) is 15.3. The van der Waals surface area contributed by atoms with Crippen molar-refractivity contribution in [3.05, 3.63) is 95.4 Å².